The van der Waals surface area contributed by atoms with Crippen molar-refractivity contribution >= 4 is 5.78 Å². The Kier molecular flexibility index (Phi) is 2.86. The van der Waals surface area contributed by atoms with Crippen molar-refractivity contribution in [2.45, 2.75) is 27.2 Å². The third-order valence-corrected chi connectivity index (χ3v) is 2.48. The fraction of sp³-hybridized carbons (Fsp3) is 0.417. The van der Waals surface area contributed by atoms with E-state index < -0.39 is 0 Å². The number of hydrogen-bond acceptors (Lipinski definition) is 1. The summed E-state index contributed by atoms with van der Waals surface area (Å²) in [5.74, 6) is 0.212. The first-order valence-corrected chi connectivity index (χ1v) is 4.59. The third-order valence-electron chi connectivity index (χ3n) is 2.48. The van der Waals surface area contributed by atoms with Crippen molar-refractivity contribution in [2.24, 2.45) is 5.41 Å². The van der Waals surface area contributed by atoms with Crippen molar-refractivity contribution < 1.29 is 4.79 Å². The molecule has 1 nitrogen and oxygen atoms in total. The van der Waals surface area contributed by atoms with Gasteiger partial charge in [0.1, 0.15) is 0 Å². The molecular formula is C12H15O. The summed E-state index contributed by atoms with van der Waals surface area (Å²) < 4.78 is 0. The number of carbonyl (C=O) groups excluding carboxylic acids is 1. The molecule has 0 fully saturated rings. The lowest BCUT2D eigenvalue weighted by atomic mass is 9.82. The SMILES string of the molecule is CCC(C)(C)C(=O)c1cc[c]cc1. The summed E-state index contributed by atoms with van der Waals surface area (Å²) in [6.45, 7) is 5.99. The van der Waals surface area contributed by atoms with Crippen LogP contribution in [0.25, 0.3) is 0 Å². The maximum atomic E-state index is 11.9. The lowest BCUT2D eigenvalue weighted by molar-refractivity contribution is 0.0833. The van der Waals surface area contributed by atoms with Gasteiger partial charge in [-0.1, -0.05) is 45.0 Å². The largest absolute Gasteiger partial charge is 0.294 e. The molecule has 0 aliphatic heterocycles. The minimum atomic E-state index is -0.249. The standard InChI is InChI=1S/C12H15O/c1-4-12(2,3)11(13)10-8-6-5-7-9-10/h6-9H,4H2,1-3H3. The highest BCUT2D eigenvalue weighted by atomic mass is 16.1. The fourth-order valence-corrected chi connectivity index (χ4v) is 1.09. The fourth-order valence-electron chi connectivity index (χ4n) is 1.09. The summed E-state index contributed by atoms with van der Waals surface area (Å²) in [6, 6.07) is 10.1. The molecule has 0 saturated carbocycles. The van der Waals surface area contributed by atoms with Crippen LogP contribution in [0.3, 0.4) is 0 Å². The van der Waals surface area contributed by atoms with Crippen LogP contribution in [-0.2, 0) is 0 Å². The van der Waals surface area contributed by atoms with Gasteiger partial charge in [-0.2, -0.15) is 0 Å². The van der Waals surface area contributed by atoms with E-state index in [1.54, 1.807) is 12.1 Å². The van der Waals surface area contributed by atoms with Crippen LogP contribution in [0.4, 0.5) is 0 Å². The molecule has 0 aliphatic carbocycles. The Morgan fingerprint density at radius 1 is 1.38 bits per heavy atom. The highest BCUT2D eigenvalue weighted by Crippen LogP contribution is 2.24. The lowest BCUT2D eigenvalue weighted by Crippen LogP contribution is -2.23. The molecule has 0 N–H and O–H groups in total. The molecule has 1 aromatic carbocycles. The van der Waals surface area contributed by atoms with Crippen LogP contribution >= 0.6 is 0 Å². The van der Waals surface area contributed by atoms with E-state index in [0.29, 0.717) is 0 Å². The predicted octanol–water partition coefficient (Wildman–Crippen LogP) is 3.11. The Hall–Kier alpha value is -1.11. The summed E-state index contributed by atoms with van der Waals surface area (Å²) in [5.41, 5.74) is 0.534. The average molecular weight is 175 g/mol. The van der Waals surface area contributed by atoms with Gasteiger partial charge in [0.2, 0.25) is 0 Å². The second-order valence-corrected chi connectivity index (χ2v) is 3.86. The minimum Gasteiger partial charge on any atom is -0.294 e. The molecule has 0 atom stereocenters. The second kappa shape index (κ2) is 3.73. The Labute approximate surface area is 79.8 Å². The van der Waals surface area contributed by atoms with E-state index in [1.165, 1.54) is 0 Å². The molecule has 1 rings (SSSR count). The molecule has 1 aromatic rings. The first kappa shape index (κ1) is 9.97. The smallest absolute Gasteiger partial charge is 0.168 e. The van der Waals surface area contributed by atoms with Gasteiger partial charge in [0.15, 0.2) is 5.78 Å². The summed E-state index contributed by atoms with van der Waals surface area (Å²) in [7, 11) is 0. The number of hydrogen-bond donors (Lipinski definition) is 0. The van der Waals surface area contributed by atoms with E-state index in [4.69, 9.17) is 0 Å². The highest BCUT2D eigenvalue weighted by molar-refractivity contribution is 5.99. The quantitative estimate of drug-likeness (QED) is 0.645. The Morgan fingerprint density at radius 3 is 2.38 bits per heavy atom. The summed E-state index contributed by atoms with van der Waals surface area (Å²) in [4.78, 5) is 11.9. The molecule has 0 heterocycles. The first-order chi connectivity index (χ1) is 6.08. The molecule has 0 unspecified atom stereocenters. The molecule has 1 heteroatoms. The zero-order chi connectivity index (χ0) is 9.90. The van der Waals surface area contributed by atoms with E-state index in [9.17, 15) is 4.79 Å². The second-order valence-electron chi connectivity index (χ2n) is 3.86. The number of ketones is 1. The van der Waals surface area contributed by atoms with Crippen LogP contribution in [-0.4, -0.2) is 5.78 Å². The maximum Gasteiger partial charge on any atom is 0.168 e. The molecule has 0 aliphatic rings. The predicted molar refractivity (Wildman–Crippen MR) is 53.7 cm³/mol. The highest BCUT2D eigenvalue weighted by Gasteiger charge is 2.25. The van der Waals surface area contributed by atoms with Gasteiger partial charge in [0.05, 0.1) is 0 Å². The Balaban J connectivity index is 2.93. The average Bonchev–Trinajstić information content (AvgIpc) is 2.18. The number of carbonyl (C=O) groups is 1. The molecule has 0 saturated heterocycles. The van der Waals surface area contributed by atoms with Crippen molar-refractivity contribution in [1.29, 1.82) is 0 Å². The van der Waals surface area contributed by atoms with Gasteiger partial charge >= 0.3 is 0 Å². The van der Waals surface area contributed by atoms with Crippen molar-refractivity contribution in [3.05, 3.63) is 35.9 Å². The minimum absolute atomic E-state index is 0.212. The van der Waals surface area contributed by atoms with Crippen molar-refractivity contribution in [1.82, 2.24) is 0 Å². The van der Waals surface area contributed by atoms with E-state index >= 15 is 0 Å². The lowest BCUT2D eigenvalue weighted by Gasteiger charge is -2.20. The van der Waals surface area contributed by atoms with Gasteiger partial charge in [-0.05, 0) is 12.5 Å². The molecule has 13 heavy (non-hydrogen) atoms. The monoisotopic (exact) mass is 175 g/mol. The van der Waals surface area contributed by atoms with Crippen LogP contribution < -0.4 is 0 Å². The van der Waals surface area contributed by atoms with Gasteiger partial charge < -0.3 is 0 Å². The maximum absolute atomic E-state index is 11.9. The van der Waals surface area contributed by atoms with E-state index in [-0.39, 0.29) is 11.2 Å². The van der Waals surface area contributed by atoms with Gasteiger partial charge in [-0.25, -0.2) is 0 Å². The van der Waals surface area contributed by atoms with Gasteiger partial charge in [-0.15, -0.1) is 0 Å². The van der Waals surface area contributed by atoms with Crippen LogP contribution in [0.2, 0.25) is 0 Å². The Morgan fingerprint density at radius 2 is 1.92 bits per heavy atom. The van der Waals surface area contributed by atoms with Crippen LogP contribution in [0, 0.1) is 11.5 Å². The molecule has 69 valence electrons. The molecule has 0 bridgehead atoms. The molecule has 0 spiro atoms. The molecule has 1 radical (unpaired) electrons. The van der Waals surface area contributed by atoms with E-state index in [2.05, 4.69) is 6.07 Å². The van der Waals surface area contributed by atoms with Crippen LogP contribution in [0.1, 0.15) is 37.6 Å². The van der Waals surface area contributed by atoms with Crippen molar-refractivity contribution in [3.63, 3.8) is 0 Å². The van der Waals surface area contributed by atoms with Gasteiger partial charge in [-0.3, -0.25) is 4.79 Å². The normalized spacial score (nSPS) is 11.3. The molecule has 0 aromatic heterocycles. The number of benzene rings is 1. The zero-order valence-corrected chi connectivity index (χ0v) is 8.42. The third kappa shape index (κ3) is 2.18. The zero-order valence-electron chi connectivity index (χ0n) is 8.42. The first-order valence-electron chi connectivity index (χ1n) is 4.59. The van der Waals surface area contributed by atoms with Crippen molar-refractivity contribution in [3.8, 4) is 0 Å². The Bertz CT molecular complexity index is 285. The van der Waals surface area contributed by atoms with Gasteiger partial charge in [0.25, 0.3) is 0 Å². The summed E-state index contributed by atoms with van der Waals surface area (Å²) in [6.07, 6.45) is 0.866. The van der Waals surface area contributed by atoms with Crippen LogP contribution in [0.15, 0.2) is 24.3 Å². The molecule has 0 amide bonds. The summed E-state index contributed by atoms with van der Waals surface area (Å²) in [5, 5.41) is 0. The molecular weight excluding hydrogens is 160 g/mol. The topological polar surface area (TPSA) is 17.1 Å². The number of rotatable bonds is 3. The van der Waals surface area contributed by atoms with Gasteiger partial charge in [0, 0.05) is 11.0 Å². The van der Waals surface area contributed by atoms with E-state index in [1.807, 2.05) is 32.9 Å². The van der Waals surface area contributed by atoms with Crippen molar-refractivity contribution in [2.75, 3.05) is 0 Å². The van der Waals surface area contributed by atoms with Crippen LogP contribution in [0.5, 0.6) is 0 Å². The summed E-state index contributed by atoms with van der Waals surface area (Å²) >= 11 is 0. The van der Waals surface area contributed by atoms with E-state index in [0.717, 1.165) is 12.0 Å². The number of Topliss-reactive ketones (excluding diaryl/α,β-unsaturated/α-hetero) is 1.